The summed E-state index contributed by atoms with van der Waals surface area (Å²) >= 11 is 0. The van der Waals surface area contributed by atoms with E-state index in [4.69, 9.17) is 4.74 Å². The number of rotatable bonds is 6. The van der Waals surface area contributed by atoms with E-state index in [0.29, 0.717) is 48.6 Å². The molecule has 0 spiro atoms. The molecule has 34 heavy (non-hydrogen) atoms. The molecule has 13 nitrogen and oxygen atoms in total. The predicted octanol–water partition coefficient (Wildman–Crippen LogP) is -0.254. The zero-order chi connectivity index (χ0) is 23.1. The lowest BCUT2D eigenvalue weighted by Crippen LogP contribution is -2.48. The Hall–Kier alpha value is -3.71. The summed E-state index contributed by atoms with van der Waals surface area (Å²) in [5, 5.41) is 21.8. The third-order valence-corrected chi connectivity index (χ3v) is 6.23. The fraction of sp³-hybridized carbons (Fsp3) is 0.476. The maximum absolute atomic E-state index is 9.20. The maximum Gasteiger partial charge on any atom is 0.225 e. The van der Waals surface area contributed by atoms with Gasteiger partial charge in [0.25, 0.3) is 0 Å². The average molecular weight is 464 g/mol. The molecule has 0 bridgehead atoms. The summed E-state index contributed by atoms with van der Waals surface area (Å²) in [6.07, 6.45) is 8.93. The van der Waals surface area contributed by atoms with Crippen molar-refractivity contribution < 1.29 is 9.84 Å². The van der Waals surface area contributed by atoms with E-state index in [1.165, 1.54) is 0 Å². The van der Waals surface area contributed by atoms with Gasteiger partial charge in [-0.15, -0.1) is 5.10 Å². The van der Waals surface area contributed by atoms with Gasteiger partial charge in [0.1, 0.15) is 0 Å². The minimum absolute atomic E-state index is 0.109. The molecule has 13 heteroatoms. The maximum atomic E-state index is 9.20. The highest BCUT2D eigenvalue weighted by Gasteiger charge is 2.28. The molecule has 1 atom stereocenters. The molecule has 0 radical (unpaired) electrons. The van der Waals surface area contributed by atoms with Crippen LogP contribution in [0, 0.1) is 5.92 Å². The number of hydrogen-bond acceptors (Lipinski definition) is 11. The number of aryl methyl sites for hydroxylation is 1. The highest BCUT2D eigenvalue weighted by atomic mass is 16.5. The normalized spacial score (nSPS) is 19.1. The molecular weight excluding hydrogens is 438 g/mol. The van der Waals surface area contributed by atoms with Gasteiger partial charge < -0.3 is 19.6 Å². The molecule has 0 amide bonds. The van der Waals surface area contributed by atoms with E-state index in [2.05, 4.69) is 45.1 Å². The van der Waals surface area contributed by atoms with Crippen LogP contribution < -0.4 is 9.80 Å². The number of aliphatic hydroxyl groups is 1. The Morgan fingerprint density at radius 3 is 2.68 bits per heavy atom. The number of anilines is 2. The number of nitrogens with zero attached hydrogens (tertiary/aromatic N) is 11. The van der Waals surface area contributed by atoms with E-state index in [1.807, 2.05) is 25.6 Å². The van der Waals surface area contributed by atoms with Crippen LogP contribution in [0.15, 0.2) is 31.0 Å². The van der Waals surface area contributed by atoms with E-state index < -0.39 is 0 Å². The van der Waals surface area contributed by atoms with Gasteiger partial charge in [-0.25, -0.2) is 24.6 Å². The quantitative estimate of drug-likeness (QED) is 0.405. The van der Waals surface area contributed by atoms with Crippen molar-refractivity contribution >= 4 is 22.9 Å². The summed E-state index contributed by atoms with van der Waals surface area (Å²) in [4.78, 5) is 22.6. The topological polar surface area (TPSA) is 136 Å². The third kappa shape index (κ3) is 3.92. The molecule has 1 N–H and O–H groups in total. The van der Waals surface area contributed by atoms with Crippen LogP contribution in [-0.2, 0) is 18.3 Å². The zero-order valence-corrected chi connectivity index (χ0v) is 18.8. The van der Waals surface area contributed by atoms with Crippen molar-refractivity contribution in [1.29, 1.82) is 0 Å². The Labute approximate surface area is 195 Å². The molecule has 2 saturated heterocycles. The Morgan fingerprint density at radius 2 is 1.91 bits per heavy atom. The number of aromatic nitrogens is 9. The van der Waals surface area contributed by atoms with Gasteiger partial charge >= 0.3 is 0 Å². The SMILES string of the molecule is Cn1cc(-c2cnc3c(nnn3CC3CN(c4ncc(N5CC(CO)C5)cn4)CCO3)n2)cn1. The van der Waals surface area contributed by atoms with Gasteiger partial charge in [0.15, 0.2) is 5.65 Å². The van der Waals surface area contributed by atoms with Crippen LogP contribution in [0.3, 0.4) is 0 Å². The minimum Gasteiger partial charge on any atom is -0.396 e. The van der Waals surface area contributed by atoms with Crippen molar-refractivity contribution in [3.63, 3.8) is 0 Å². The van der Waals surface area contributed by atoms with Crippen molar-refractivity contribution in [2.75, 3.05) is 49.2 Å². The molecule has 1 unspecified atom stereocenters. The standard InChI is InChI=1S/C21H25N11O2/c1-29-10-15(4-25-29)18-7-22-20-19(26-18)27-28-32(20)12-17-11-30(2-3-34-17)21-23-5-16(6-24-21)31-8-14(9-31)13-33/h4-7,10,14,17,33H,2-3,8-9,11-13H2,1H3. The van der Waals surface area contributed by atoms with Gasteiger partial charge in [0.05, 0.1) is 55.4 Å². The fourth-order valence-electron chi connectivity index (χ4n) is 4.32. The van der Waals surface area contributed by atoms with Crippen LogP contribution in [0.2, 0.25) is 0 Å². The average Bonchev–Trinajstić information content (AvgIpc) is 3.45. The molecule has 2 aliphatic rings. The summed E-state index contributed by atoms with van der Waals surface area (Å²) in [5.74, 6) is 1.03. The van der Waals surface area contributed by atoms with Gasteiger partial charge in [0, 0.05) is 57.5 Å². The lowest BCUT2D eigenvalue weighted by atomic mass is 10.0. The van der Waals surface area contributed by atoms with Crippen molar-refractivity contribution in [3.8, 4) is 11.3 Å². The summed E-state index contributed by atoms with van der Waals surface area (Å²) in [5.41, 5.74) is 3.67. The van der Waals surface area contributed by atoms with E-state index in [-0.39, 0.29) is 12.7 Å². The second-order valence-electron chi connectivity index (χ2n) is 8.71. The largest absolute Gasteiger partial charge is 0.396 e. The molecule has 4 aromatic heterocycles. The van der Waals surface area contributed by atoms with Crippen molar-refractivity contribution in [2.45, 2.75) is 12.6 Å². The van der Waals surface area contributed by atoms with Crippen LogP contribution in [0.4, 0.5) is 11.6 Å². The fourth-order valence-corrected chi connectivity index (χ4v) is 4.32. The molecule has 4 aromatic rings. The molecule has 2 aliphatic heterocycles. The molecule has 176 valence electrons. The molecule has 0 saturated carbocycles. The summed E-state index contributed by atoms with van der Waals surface area (Å²) in [7, 11) is 1.86. The van der Waals surface area contributed by atoms with Crippen molar-refractivity contribution in [2.24, 2.45) is 13.0 Å². The summed E-state index contributed by atoms with van der Waals surface area (Å²) in [6.45, 7) is 4.35. The zero-order valence-electron chi connectivity index (χ0n) is 18.8. The highest BCUT2D eigenvalue weighted by molar-refractivity contribution is 5.69. The third-order valence-electron chi connectivity index (χ3n) is 6.23. The van der Waals surface area contributed by atoms with Crippen LogP contribution in [-0.4, -0.2) is 95.3 Å². The van der Waals surface area contributed by atoms with Crippen molar-refractivity contribution in [1.82, 2.24) is 44.7 Å². The Morgan fingerprint density at radius 1 is 1.06 bits per heavy atom. The Bertz CT molecular complexity index is 1280. The lowest BCUT2D eigenvalue weighted by Gasteiger charge is -2.39. The number of aliphatic hydroxyl groups excluding tert-OH is 1. The monoisotopic (exact) mass is 463 g/mol. The smallest absolute Gasteiger partial charge is 0.225 e. The first kappa shape index (κ1) is 20.9. The molecule has 0 aromatic carbocycles. The Balaban J connectivity index is 1.12. The van der Waals surface area contributed by atoms with Gasteiger partial charge in [-0.2, -0.15) is 5.10 Å². The molecule has 6 rings (SSSR count). The van der Waals surface area contributed by atoms with Crippen LogP contribution in [0.5, 0.6) is 0 Å². The number of morpholine rings is 1. The predicted molar refractivity (Wildman–Crippen MR) is 122 cm³/mol. The minimum atomic E-state index is -0.109. The van der Waals surface area contributed by atoms with Gasteiger partial charge in [-0.1, -0.05) is 5.21 Å². The van der Waals surface area contributed by atoms with Gasteiger partial charge in [-0.05, 0) is 0 Å². The molecule has 2 fully saturated rings. The van der Waals surface area contributed by atoms with Crippen molar-refractivity contribution in [3.05, 3.63) is 31.0 Å². The number of fused-ring (bicyclic) bond motifs is 1. The summed E-state index contributed by atoms with van der Waals surface area (Å²) in [6, 6.07) is 0. The number of ether oxygens (including phenoxy) is 1. The van der Waals surface area contributed by atoms with E-state index in [9.17, 15) is 5.11 Å². The second kappa shape index (κ2) is 8.57. The number of hydrogen-bond donors (Lipinski definition) is 1. The lowest BCUT2D eigenvalue weighted by molar-refractivity contribution is 0.0273. The van der Waals surface area contributed by atoms with E-state index in [1.54, 1.807) is 21.8 Å². The van der Waals surface area contributed by atoms with E-state index in [0.717, 1.165) is 30.9 Å². The first-order chi connectivity index (χ1) is 16.7. The van der Waals surface area contributed by atoms with Crippen LogP contribution in [0.25, 0.3) is 22.6 Å². The second-order valence-corrected chi connectivity index (χ2v) is 8.71. The molecule has 0 aliphatic carbocycles. The van der Waals surface area contributed by atoms with Gasteiger partial charge in [-0.3, -0.25) is 4.68 Å². The Kier molecular flexibility index (Phi) is 5.26. The van der Waals surface area contributed by atoms with Gasteiger partial charge in [0.2, 0.25) is 11.6 Å². The van der Waals surface area contributed by atoms with Crippen LogP contribution in [0.1, 0.15) is 0 Å². The highest BCUT2D eigenvalue weighted by Crippen LogP contribution is 2.24. The van der Waals surface area contributed by atoms with Crippen LogP contribution >= 0.6 is 0 Å². The molecule has 6 heterocycles. The summed E-state index contributed by atoms with van der Waals surface area (Å²) < 4.78 is 9.44. The first-order valence-electron chi connectivity index (χ1n) is 11.3. The molecular formula is C21H25N11O2. The first-order valence-corrected chi connectivity index (χ1v) is 11.3. The van der Waals surface area contributed by atoms with E-state index >= 15 is 0 Å².